The summed E-state index contributed by atoms with van der Waals surface area (Å²) in [6.07, 6.45) is 2.66. The quantitative estimate of drug-likeness (QED) is 0.805. The Morgan fingerprint density at radius 1 is 0.913 bits per heavy atom. The van der Waals surface area contributed by atoms with Crippen molar-refractivity contribution in [1.29, 1.82) is 0 Å². The van der Waals surface area contributed by atoms with Gasteiger partial charge in [-0.3, -0.25) is 0 Å². The second-order valence-corrected chi connectivity index (χ2v) is 5.57. The van der Waals surface area contributed by atoms with Crippen LogP contribution in [0, 0.1) is 0 Å². The van der Waals surface area contributed by atoms with E-state index in [2.05, 4.69) is 49.7 Å². The zero-order chi connectivity index (χ0) is 15.5. The highest BCUT2D eigenvalue weighted by Gasteiger charge is 2.18. The molecule has 1 aromatic heterocycles. The third kappa shape index (κ3) is 2.99. The summed E-state index contributed by atoms with van der Waals surface area (Å²) >= 11 is 0. The van der Waals surface area contributed by atoms with Crippen molar-refractivity contribution in [2.75, 3.05) is 16.8 Å². The Kier molecular flexibility index (Phi) is 3.60. The molecule has 1 N–H and O–H groups in total. The number of benzene rings is 2. The van der Waals surface area contributed by atoms with Gasteiger partial charge >= 0.3 is 0 Å². The number of fused-ring (bicyclic) bond motifs is 1. The largest absolute Gasteiger partial charge is 0.339 e. The number of hydrogen-bond donors (Lipinski definition) is 1. The van der Waals surface area contributed by atoms with Crippen LogP contribution in [0.2, 0.25) is 0 Å². The van der Waals surface area contributed by atoms with Crippen LogP contribution in [0.4, 0.5) is 17.5 Å². The van der Waals surface area contributed by atoms with Crippen LogP contribution >= 0.6 is 0 Å². The van der Waals surface area contributed by atoms with E-state index < -0.39 is 0 Å². The van der Waals surface area contributed by atoms with Crippen LogP contribution < -0.4 is 10.2 Å². The fourth-order valence-corrected chi connectivity index (χ4v) is 2.82. The van der Waals surface area contributed by atoms with Crippen LogP contribution in [-0.2, 0) is 13.0 Å². The first-order valence-electron chi connectivity index (χ1n) is 7.72. The third-order valence-corrected chi connectivity index (χ3v) is 4.01. The second-order valence-electron chi connectivity index (χ2n) is 5.57. The zero-order valence-corrected chi connectivity index (χ0v) is 12.7. The molecule has 114 valence electrons. The Labute approximate surface area is 135 Å². The number of aromatic nitrogens is 3. The summed E-state index contributed by atoms with van der Waals surface area (Å²) in [6, 6.07) is 18.5. The number of hydrogen-bond acceptors (Lipinski definition) is 5. The van der Waals surface area contributed by atoms with Gasteiger partial charge in [0.05, 0.1) is 6.20 Å². The number of anilines is 3. The lowest BCUT2D eigenvalue weighted by Gasteiger charge is -2.28. The maximum absolute atomic E-state index is 4.61. The molecular formula is C18H17N5. The van der Waals surface area contributed by atoms with Crippen molar-refractivity contribution in [1.82, 2.24) is 15.2 Å². The normalized spacial score (nSPS) is 13.5. The molecule has 0 atom stereocenters. The third-order valence-electron chi connectivity index (χ3n) is 4.01. The van der Waals surface area contributed by atoms with Gasteiger partial charge in [-0.2, -0.15) is 10.1 Å². The Bertz CT molecular complexity index is 803. The predicted molar refractivity (Wildman–Crippen MR) is 90.7 cm³/mol. The molecule has 23 heavy (non-hydrogen) atoms. The molecule has 5 nitrogen and oxygen atoms in total. The molecule has 0 saturated heterocycles. The minimum atomic E-state index is 0.667. The summed E-state index contributed by atoms with van der Waals surface area (Å²) < 4.78 is 0. The molecule has 0 aliphatic carbocycles. The van der Waals surface area contributed by atoms with Crippen molar-refractivity contribution in [3.63, 3.8) is 0 Å². The molecule has 2 heterocycles. The van der Waals surface area contributed by atoms with Gasteiger partial charge < -0.3 is 10.2 Å². The molecule has 4 rings (SSSR count). The molecule has 0 radical (unpaired) electrons. The van der Waals surface area contributed by atoms with Gasteiger partial charge in [-0.15, -0.1) is 5.10 Å². The molecule has 0 bridgehead atoms. The van der Waals surface area contributed by atoms with Crippen molar-refractivity contribution in [2.45, 2.75) is 13.0 Å². The minimum Gasteiger partial charge on any atom is -0.339 e. The number of nitrogens with zero attached hydrogens (tertiary/aromatic N) is 4. The fourth-order valence-electron chi connectivity index (χ4n) is 2.82. The van der Waals surface area contributed by atoms with E-state index in [9.17, 15) is 0 Å². The van der Waals surface area contributed by atoms with E-state index in [0.29, 0.717) is 11.8 Å². The van der Waals surface area contributed by atoms with Crippen LogP contribution in [0.25, 0.3) is 0 Å². The highest BCUT2D eigenvalue weighted by Crippen LogP contribution is 2.22. The van der Waals surface area contributed by atoms with Crippen LogP contribution in [0.3, 0.4) is 0 Å². The Hall–Kier alpha value is -2.95. The van der Waals surface area contributed by atoms with Crippen molar-refractivity contribution in [3.8, 4) is 0 Å². The summed E-state index contributed by atoms with van der Waals surface area (Å²) in [4.78, 5) is 6.78. The van der Waals surface area contributed by atoms with E-state index >= 15 is 0 Å². The maximum atomic E-state index is 4.61. The summed E-state index contributed by atoms with van der Waals surface area (Å²) in [5.41, 5.74) is 3.74. The molecule has 2 aromatic carbocycles. The van der Waals surface area contributed by atoms with E-state index in [1.807, 2.05) is 30.3 Å². The monoisotopic (exact) mass is 303 g/mol. The molecule has 1 aliphatic rings. The van der Waals surface area contributed by atoms with Gasteiger partial charge in [-0.25, -0.2) is 0 Å². The van der Waals surface area contributed by atoms with Crippen molar-refractivity contribution >= 4 is 17.5 Å². The van der Waals surface area contributed by atoms with Crippen LogP contribution in [0.15, 0.2) is 60.8 Å². The molecule has 1 aliphatic heterocycles. The highest BCUT2D eigenvalue weighted by atomic mass is 15.3. The van der Waals surface area contributed by atoms with Crippen LogP contribution in [-0.4, -0.2) is 21.7 Å². The van der Waals surface area contributed by atoms with E-state index in [-0.39, 0.29) is 0 Å². The SMILES string of the molecule is c1ccc(Nc2cnnc(N3CCc4ccccc4C3)n2)cc1. The summed E-state index contributed by atoms with van der Waals surface area (Å²) in [6.45, 7) is 1.74. The molecule has 0 saturated carbocycles. The lowest BCUT2D eigenvalue weighted by molar-refractivity contribution is 0.698. The Morgan fingerprint density at radius 2 is 1.70 bits per heavy atom. The molecule has 0 unspecified atom stereocenters. The van der Waals surface area contributed by atoms with Gasteiger partial charge in [-0.1, -0.05) is 42.5 Å². The van der Waals surface area contributed by atoms with Gasteiger partial charge in [0.2, 0.25) is 5.95 Å². The average Bonchev–Trinajstić information content (AvgIpc) is 2.62. The lowest BCUT2D eigenvalue weighted by atomic mass is 10.0. The van der Waals surface area contributed by atoms with E-state index in [1.165, 1.54) is 11.1 Å². The van der Waals surface area contributed by atoms with Gasteiger partial charge in [0.25, 0.3) is 0 Å². The Balaban J connectivity index is 1.55. The summed E-state index contributed by atoms with van der Waals surface area (Å²) in [5, 5.41) is 11.6. The minimum absolute atomic E-state index is 0.667. The standard InChI is InChI=1S/C18H17N5/c1-2-8-16(9-3-1)20-17-12-19-22-18(21-17)23-11-10-14-6-4-5-7-15(14)13-23/h1-9,12H,10-11,13H2,(H,20,21,22). The van der Waals surface area contributed by atoms with Crippen LogP contribution in [0.5, 0.6) is 0 Å². The lowest BCUT2D eigenvalue weighted by Crippen LogP contribution is -2.32. The number of para-hydroxylation sites is 1. The smallest absolute Gasteiger partial charge is 0.247 e. The van der Waals surface area contributed by atoms with E-state index in [4.69, 9.17) is 0 Å². The first-order chi connectivity index (χ1) is 11.4. The van der Waals surface area contributed by atoms with Crippen molar-refractivity contribution in [3.05, 3.63) is 71.9 Å². The van der Waals surface area contributed by atoms with Crippen molar-refractivity contribution < 1.29 is 0 Å². The second kappa shape index (κ2) is 6.04. The van der Waals surface area contributed by atoms with Gasteiger partial charge in [0.1, 0.15) is 0 Å². The first-order valence-corrected chi connectivity index (χ1v) is 7.72. The predicted octanol–water partition coefficient (Wildman–Crippen LogP) is 3.18. The fraction of sp³-hybridized carbons (Fsp3) is 0.167. The topological polar surface area (TPSA) is 53.9 Å². The molecule has 0 amide bonds. The zero-order valence-electron chi connectivity index (χ0n) is 12.7. The van der Waals surface area contributed by atoms with Gasteiger partial charge in [0, 0.05) is 18.8 Å². The molecule has 0 spiro atoms. The molecular weight excluding hydrogens is 286 g/mol. The molecule has 0 fully saturated rings. The molecule has 5 heteroatoms. The average molecular weight is 303 g/mol. The van der Waals surface area contributed by atoms with Gasteiger partial charge in [-0.05, 0) is 29.7 Å². The van der Waals surface area contributed by atoms with E-state index in [0.717, 1.165) is 25.2 Å². The van der Waals surface area contributed by atoms with Crippen molar-refractivity contribution in [2.24, 2.45) is 0 Å². The number of rotatable bonds is 3. The van der Waals surface area contributed by atoms with Crippen LogP contribution in [0.1, 0.15) is 11.1 Å². The molecule has 3 aromatic rings. The summed E-state index contributed by atoms with van der Waals surface area (Å²) in [5.74, 6) is 1.38. The highest BCUT2D eigenvalue weighted by molar-refractivity contribution is 5.56. The Morgan fingerprint density at radius 3 is 2.57 bits per heavy atom. The first kappa shape index (κ1) is 13.7. The van der Waals surface area contributed by atoms with Gasteiger partial charge in [0.15, 0.2) is 5.82 Å². The number of nitrogens with one attached hydrogen (secondary N) is 1. The maximum Gasteiger partial charge on any atom is 0.247 e. The van der Waals surface area contributed by atoms with E-state index in [1.54, 1.807) is 6.20 Å². The summed E-state index contributed by atoms with van der Waals surface area (Å²) in [7, 11) is 0.